The minimum Gasteiger partial charge on any atom is -0.394 e. The minimum atomic E-state index is -1.57. The third-order valence-corrected chi connectivity index (χ3v) is 17.8. The molecule has 0 aliphatic carbocycles. The van der Waals surface area contributed by atoms with E-state index < -0.39 is 49.5 Å². The van der Waals surface area contributed by atoms with Crippen LogP contribution in [0.15, 0.2) is 24.3 Å². The van der Waals surface area contributed by atoms with E-state index in [1.54, 1.807) is 6.08 Å². The Morgan fingerprint density at radius 3 is 1.02 bits per heavy atom. The molecular weight excluding hydrogens is 1020 g/mol. The Balaban J connectivity index is 2.12. The molecule has 9 nitrogen and oxygen atoms in total. The molecule has 0 aromatic carbocycles. The molecule has 1 fully saturated rings. The number of unbranched alkanes of at least 4 members (excludes halogenated alkanes) is 53. The van der Waals surface area contributed by atoms with Crippen LogP contribution in [0, 0.1) is 0 Å². The second-order valence-electron chi connectivity index (χ2n) is 25.7. The Morgan fingerprint density at radius 2 is 0.695 bits per heavy atom. The largest absolute Gasteiger partial charge is 0.394 e. The van der Waals surface area contributed by atoms with E-state index in [1.807, 2.05) is 6.08 Å². The summed E-state index contributed by atoms with van der Waals surface area (Å²) in [6.45, 7) is 3.83. The van der Waals surface area contributed by atoms with Crippen molar-refractivity contribution in [1.29, 1.82) is 0 Å². The molecule has 9 heteroatoms. The van der Waals surface area contributed by atoms with E-state index in [0.717, 1.165) is 38.5 Å². The van der Waals surface area contributed by atoms with Gasteiger partial charge in [0.2, 0.25) is 5.91 Å². The Bertz CT molecular complexity index is 1340. The Kier molecular flexibility index (Phi) is 60.2. The molecule has 0 spiro atoms. The lowest BCUT2D eigenvalue weighted by molar-refractivity contribution is -0.302. The average molecular weight is 1160 g/mol. The molecule has 0 saturated carbocycles. The van der Waals surface area contributed by atoms with Crippen LogP contribution >= 0.6 is 0 Å². The average Bonchev–Trinajstić information content (AvgIpc) is 3.57. The second kappa shape index (κ2) is 62.7. The van der Waals surface area contributed by atoms with Crippen LogP contribution in [0.25, 0.3) is 0 Å². The summed E-state index contributed by atoms with van der Waals surface area (Å²) in [5.41, 5.74) is 0. The van der Waals surface area contributed by atoms with Crippen molar-refractivity contribution >= 4 is 5.91 Å². The number of rotatable bonds is 65. The number of carbonyl (C=O) groups is 1. The van der Waals surface area contributed by atoms with Crippen LogP contribution in [0.2, 0.25) is 0 Å². The lowest BCUT2D eigenvalue weighted by Gasteiger charge is -2.40. The van der Waals surface area contributed by atoms with Crippen LogP contribution in [0.5, 0.6) is 0 Å². The van der Waals surface area contributed by atoms with Crippen LogP contribution in [0.1, 0.15) is 380 Å². The molecule has 7 atom stereocenters. The molecule has 1 aliphatic rings. The van der Waals surface area contributed by atoms with E-state index in [1.165, 1.54) is 321 Å². The van der Waals surface area contributed by atoms with Gasteiger partial charge in [-0.2, -0.15) is 0 Å². The predicted molar refractivity (Wildman–Crippen MR) is 350 cm³/mol. The first-order chi connectivity index (χ1) is 40.3. The maximum absolute atomic E-state index is 13.1. The molecule has 82 heavy (non-hydrogen) atoms. The molecule has 0 aromatic heterocycles. The molecule has 0 bridgehead atoms. The molecule has 486 valence electrons. The normalized spacial score (nSPS) is 18.4. The fraction of sp³-hybridized carbons (Fsp3) is 0.932. The quantitative estimate of drug-likeness (QED) is 0.0261. The molecule has 1 aliphatic heterocycles. The van der Waals surface area contributed by atoms with Crippen molar-refractivity contribution in [2.24, 2.45) is 0 Å². The van der Waals surface area contributed by atoms with Gasteiger partial charge in [-0.05, 0) is 32.1 Å². The van der Waals surface area contributed by atoms with Gasteiger partial charge in [0.05, 0.1) is 25.4 Å². The smallest absolute Gasteiger partial charge is 0.220 e. The summed E-state index contributed by atoms with van der Waals surface area (Å²) in [5.74, 6) is -0.177. The third kappa shape index (κ3) is 50.8. The van der Waals surface area contributed by atoms with Crippen molar-refractivity contribution in [3.05, 3.63) is 24.3 Å². The van der Waals surface area contributed by atoms with Gasteiger partial charge in [0.15, 0.2) is 6.29 Å². The highest BCUT2D eigenvalue weighted by Crippen LogP contribution is 2.24. The minimum absolute atomic E-state index is 0.177. The Labute approximate surface area is 509 Å². The SMILES string of the molecule is CCCCCCCCCCCCCCCCCCCCCCCCCCCCC/C=C/CC/C=C/C(O)C(COC1OC(CO)C(O)C(O)C1O)NC(=O)CCCCCCCCCCCCCCCCCCCCCCCCCCCC. The van der Waals surface area contributed by atoms with E-state index >= 15 is 0 Å². The summed E-state index contributed by atoms with van der Waals surface area (Å²) >= 11 is 0. The van der Waals surface area contributed by atoms with Crippen LogP contribution in [-0.2, 0) is 14.3 Å². The number of hydrogen-bond donors (Lipinski definition) is 6. The van der Waals surface area contributed by atoms with Crippen molar-refractivity contribution < 1.29 is 39.8 Å². The fourth-order valence-corrected chi connectivity index (χ4v) is 12.1. The monoisotopic (exact) mass is 1160 g/mol. The summed E-state index contributed by atoms with van der Waals surface area (Å²) in [6.07, 6.45) is 76.0. The predicted octanol–water partition coefficient (Wildman–Crippen LogP) is 20.0. The fourth-order valence-electron chi connectivity index (χ4n) is 12.1. The van der Waals surface area contributed by atoms with Gasteiger partial charge in [-0.15, -0.1) is 0 Å². The molecule has 1 saturated heterocycles. The van der Waals surface area contributed by atoms with Crippen molar-refractivity contribution in [3.63, 3.8) is 0 Å². The number of ether oxygens (including phenoxy) is 2. The van der Waals surface area contributed by atoms with Gasteiger partial charge in [-0.25, -0.2) is 0 Å². The molecule has 0 aromatic rings. The summed E-state index contributed by atoms with van der Waals surface area (Å²) in [6, 6.07) is -0.820. The highest BCUT2D eigenvalue weighted by Gasteiger charge is 2.44. The van der Waals surface area contributed by atoms with Gasteiger partial charge < -0.3 is 40.3 Å². The van der Waals surface area contributed by atoms with E-state index in [2.05, 4.69) is 31.3 Å². The first-order valence-corrected chi connectivity index (χ1v) is 36.6. The van der Waals surface area contributed by atoms with E-state index in [4.69, 9.17) is 9.47 Å². The number of allylic oxidation sites excluding steroid dienone is 3. The van der Waals surface area contributed by atoms with Crippen molar-refractivity contribution in [2.75, 3.05) is 13.2 Å². The van der Waals surface area contributed by atoms with Crippen LogP contribution < -0.4 is 5.32 Å². The number of amides is 1. The zero-order valence-corrected chi connectivity index (χ0v) is 54.5. The van der Waals surface area contributed by atoms with Gasteiger partial charge in [0.1, 0.15) is 24.4 Å². The van der Waals surface area contributed by atoms with Gasteiger partial charge in [-0.1, -0.05) is 366 Å². The molecule has 0 radical (unpaired) electrons. The van der Waals surface area contributed by atoms with Gasteiger partial charge in [-0.3, -0.25) is 4.79 Å². The first kappa shape index (κ1) is 78.7. The maximum Gasteiger partial charge on any atom is 0.220 e. The Morgan fingerprint density at radius 1 is 0.402 bits per heavy atom. The van der Waals surface area contributed by atoms with Crippen molar-refractivity contribution in [2.45, 2.75) is 423 Å². The zero-order chi connectivity index (χ0) is 59.3. The summed E-state index contributed by atoms with van der Waals surface area (Å²) in [5, 5.41) is 54.8. The Hall–Kier alpha value is -1.33. The number of aliphatic hydroxyl groups excluding tert-OH is 5. The molecular formula is C73H141NO8. The highest BCUT2D eigenvalue weighted by atomic mass is 16.7. The van der Waals surface area contributed by atoms with Gasteiger partial charge in [0, 0.05) is 6.42 Å². The number of aliphatic hydroxyl groups is 5. The molecule has 1 heterocycles. The summed E-state index contributed by atoms with van der Waals surface area (Å²) in [7, 11) is 0. The van der Waals surface area contributed by atoms with Crippen LogP contribution in [-0.4, -0.2) is 87.5 Å². The molecule has 7 unspecified atom stereocenters. The third-order valence-electron chi connectivity index (χ3n) is 17.8. The number of nitrogens with one attached hydrogen (secondary N) is 1. The molecule has 1 rings (SSSR count). The summed E-state index contributed by atoms with van der Waals surface area (Å²) < 4.78 is 11.3. The standard InChI is InChI=1S/C73H141NO8/c1-3-5-7-9-11-13-15-17-19-21-23-25-27-29-31-32-33-34-35-36-37-38-40-42-44-46-48-50-52-54-56-58-60-62-67(76)66(65-81-73-72(80)71(79)70(78)68(64-75)82-73)74-69(77)63-61-59-57-55-53-51-49-47-45-43-41-39-30-28-26-24-22-20-18-16-14-12-10-8-6-4-2/h52,54,60,62,66-68,70-73,75-76,78-80H,3-51,53,55-59,61,63-65H2,1-2H3,(H,74,77)/b54-52+,62-60+. The van der Waals surface area contributed by atoms with E-state index in [0.29, 0.717) is 6.42 Å². The molecule has 6 N–H and O–H groups in total. The lowest BCUT2D eigenvalue weighted by Crippen LogP contribution is -2.60. The highest BCUT2D eigenvalue weighted by molar-refractivity contribution is 5.76. The first-order valence-electron chi connectivity index (χ1n) is 36.6. The zero-order valence-electron chi connectivity index (χ0n) is 54.5. The second-order valence-corrected chi connectivity index (χ2v) is 25.7. The number of hydrogen-bond acceptors (Lipinski definition) is 8. The lowest BCUT2D eigenvalue weighted by atomic mass is 9.99. The molecule has 1 amide bonds. The maximum atomic E-state index is 13.1. The van der Waals surface area contributed by atoms with Crippen LogP contribution in [0.3, 0.4) is 0 Å². The van der Waals surface area contributed by atoms with Crippen molar-refractivity contribution in [1.82, 2.24) is 5.32 Å². The summed E-state index contributed by atoms with van der Waals surface area (Å²) in [4.78, 5) is 13.1. The van der Waals surface area contributed by atoms with Crippen LogP contribution in [0.4, 0.5) is 0 Å². The van der Waals surface area contributed by atoms with E-state index in [-0.39, 0.29) is 12.5 Å². The van der Waals surface area contributed by atoms with E-state index in [9.17, 15) is 30.3 Å². The topological polar surface area (TPSA) is 149 Å². The number of carbonyl (C=O) groups excluding carboxylic acids is 1. The van der Waals surface area contributed by atoms with Gasteiger partial charge in [0.25, 0.3) is 0 Å². The van der Waals surface area contributed by atoms with Gasteiger partial charge >= 0.3 is 0 Å². The van der Waals surface area contributed by atoms with Crippen molar-refractivity contribution in [3.8, 4) is 0 Å².